The first-order valence-electron chi connectivity index (χ1n) is 7.70. The van der Waals surface area contributed by atoms with Gasteiger partial charge in [0.05, 0.1) is 0 Å². The maximum atomic E-state index is 11.6. The first-order chi connectivity index (χ1) is 13.1. The topological polar surface area (TPSA) is 94.7 Å². The number of carboxylic acid groups (broad SMARTS) is 1. The molecule has 3 aromatic rings. The Hall–Kier alpha value is -2.97. The molecule has 4 rings (SSSR count). The van der Waals surface area contributed by atoms with Gasteiger partial charge in [0, 0.05) is 10.6 Å². The van der Waals surface area contributed by atoms with Crippen molar-refractivity contribution in [2.75, 3.05) is 6.79 Å². The third kappa shape index (κ3) is 3.91. The summed E-state index contributed by atoms with van der Waals surface area (Å²) in [6.07, 6.45) is 1.50. The summed E-state index contributed by atoms with van der Waals surface area (Å²) >= 11 is 6.73. The van der Waals surface area contributed by atoms with E-state index in [9.17, 15) is 9.90 Å². The van der Waals surface area contributed by atoms with Crippen LogP contribution in [0, 0.1) is 0 Å². The van der Waals surface area contributed by atoms with E-state index >= 15 is 0 Å². The summed E-state index contributed by atoms with van der Waals surface area (Å²) in [6.45, 7) is 0.151. The van der Waals surface area contributed by atoms with Crippen molar-refractivity contribution >= 4 is 35.4 Å². The van der Waals surface area contributed by atoms with Crippen LogP contribution in [0.3, 0.4) is 0 Å². The summed E-state index contributed by atoms with van der Waals surface area (Å²) in [4.78, 5) is 11.6. The number of thioether (sulfide) groups is 1. The Morgan fingerprint density at radius 1 is 1.11 bits per heavy atom. The molecule has 0 atom stereocenters. The number of benzene rings is 2. The highest BCUT2D eigenvalue weighted by molar-refractivity contribution is 8.03. The lowest BCUT2D eigenvalue weighted by atomic mass is 10.2. The van der Waals surface area contributed by atoms with E-state index in [-0.39, 0.29) is 22.8 Å². The Labute approximate surface area is 162 Å². The summed E-state index contributed by atoms with van der Waals surface area (Å²) in [5, 5.41) is 18.1. The molecule has 0 spiro atoms. The average molecular weight is 403 g/mol. The first-order valence-corrected chi connectivity index (χ1v) is 8.90. The summed E-state index contributed by atoms with van der Waals surface area (Å²) in [6, 6.07) is 12.1. The normalized spacial score (nSPS) is 13.0. The van der Waals surface area contributed by atoms with Gasteiger partial charge >= 0.3 is 5.97 Å². The maximum Gasteiger partial charge on any atom is 0.342 e. The first kappa shape index (κ1) is 17.4. The van der Waals surface area contributed by atoms with Crippen LogP contribution < -0.4 is 9.47 Å². The van der Waals surface area contributed by atoms with Crippen LogP contribution in [0.1, 0.15) is 5.56 Å². The number of carbonyl (C=O) groups is 1. The number of halogens is 1. The zero-order valence-corrected chi connectivity index (χ0v) is 15.2. The van der Waals surface area contributed by atoms with Gasteiger partial charge in [0.25, 0.3) is 5.22 Å². The lowest BCUT2D eigenvalue weighted by Gasteiger charge is -2.01. The van der Waals surface area contributed by atoms with E-state index in [2.05, 4.69) is 10.2 Å². The van der Waals surface area contributed by atoms with Crippen molar-refractivity contribution in [1.82, 2.24) is 10.2 Å². The molecule has 1 aliphatic rings. The highest BCUT2D eigenvalue weighted by Crippen LogP contribution is 2.35. The van der Waals surface area contributed by atoms with E-state index in [1.54, 1.807) is 42.5 Å². The van der Waals surface area contributed by atoms with Crippen molar-refractivity contribution in [2.45, 2.75) is 5.22 Å². The van der Waals surface area contributed by atoms with E-state index in [0.717, 1.165) is 11.8 Å². The van der Waals surface area contributed by atoms with E-state index in [1.165, 1.54) is 6.08 Å². The monoisotopic (exact) mass is 402 g/mol. The van der Waals surface area contributed by atoms with Crippen molar-refractivity contribution in [2.24, 2.45) is 0 Å². The van der Waals surface area contributed by atoms with Crippen LogP contribution in [0.15, 0.2) is 57.0 Å². The van der Waals surface area contributed by atoms with Gasteiger partial charge in [-0.3, -0.25) is 0 Å². The molecule has 27 heavy (non-hydrogen) atoms. The minimum absolute atomic E-state index is 0.0279. The van der Waals surface area contributed by atoms with Crippen molar-refractivity contribution in [3.63, 3.8) is 0 Å². The maximum absolute atomic E-state index is 11.6. The molecule has 0 amide bonds. The van der Waals surface area contributed by atoms with Crippen molar-refractivity contribution in [1.29, 1.82) is 0 Å². The Kier molecular flexibility index (Phi) is 4.74. The van der Waals surface area contributed by atoms with Crippen molar-refractivity contribution in [3.8, 4) is 23.0 Å². The smallest absolute Gasteiger partial charge is 0.342 e. The number of nitrogens with zero attached hydrogens (tertiary/aromatic N) is 2. The van der Waals surface area contributed by atoms with E-state index < -0.39 is 5.97 Å². The van der Waals surface area contributed by atoms with Crippen LogP contribution in [0.2, 0.25) is 5.02 Å². The lowest BCUT2D eigenvalue weighted by molar-refractivity contribution is -0.131. The number of fused-ring (bicyclic) bond motifs is 1. The number of aromatic nitrogens is 2. The van der Waals surface area contributed by atoms with Crippen LogP contribution in [-0.4, -0.2) is 28.1 Å². The molecule has 0 radical (unpaired) electrons. The standard InChI is InChI=1S/C18H11ClN2O5S/c19-12-4-2-11(3-5-12)16-20-21-18(26-16)27-15(17(22)23)8-10-1-6-13-14(7-10)25-9-24-13/h1-8H,9H2,(H,22,23)/b15-8-. The summed E-state index contributed by atoms with van der Waals surface area (Å²) in [5.41, 5.74) is 1.34. The molecule has 0 saturated heterocycles. The van der Waals surface area contributed by atoms with Gasteiger partial charge in [0.15, 0.2) is 11.5 Å². The Morgan fingerprint density at radius 3 is 2.67 bits per heavy atom. The van der Waals surface area contributed by atoms with Crippen LogP contribution in [0.4, 0.5) is 0 Å². The number of rotatable bonds is 5. The molecule has 1 N–H and O–H groups in total. The number of aliphatic carboxylic acids is 1. The Bertz CT molecular complexity index is 1030. The second-order valence-electron chi connectivity index (χ2n) is 5.41. The molecule has 0 saturated carbocycles. The van der Waals surface area contributed by atoms with E-state index in [0.29, 0.717) is 27.6 Å². The quantitative estimate of drug-likeness (QED) is 0.497. The summed E-state index contributed by atoms with van der Waals surface area (Å²) in [5.74, 6) is 0.369. The number of carboxylic acids is 1. The zero-order valence-electron chi connectivity index (χ0n) is 13.6. The highest BCUT2D eigenvalue weighted by atomic mass is 35.5. The predicted molar refractivity (Wildman–Crippen MR) is 98.8 cm³/mol. The Morgan fingerprint density at radius 2 is 1.89 bits per heavy atom. The van der Waals surface area contributed by atoms with E-state index in [1.807, 2.05) is 0 Å². The molecule has 2 heterocycles. The fourth-order valence-electron chi connectivity index (χ4n) is 2.34. The summed E-state index contributed by atoms with van der Waals surface area (Å²) in [7, 11) is 0. The van der Waals surface area contributed by atoms with Gasteiger partial charge in [-0.05, 0) is 59.8 Å². The molecule has 0 fully saturated rings. The molecule has 136 valence electrons. The third-order valence-electron chi connectivity index (χ3n) is 3.60. The van der Waals surface area contributed by atoms with Gasteiger partial charge in [-0.25, -0.2) is 4.79 Å². The average Bonchev–Trinajstić information content (AvgIpc) is 3.30. The van der Waals surface area contributed by atoms with Gasteiger partial charge in [-0.2, -0.15) is 0 Å². The molecule has 0 aliphatic carbocycles. The van der Waals surface area contributed by atoms with Crippen LogP contribution in [-0.2, 0) is 4.79 Å². The van der Waals surface area contributed by atoms with Gasteiger partial charge in [0.2, 0.25) is 12.7 Å². The van der Waals surface area contributed by atoms with Crippen LogP contribution in [0.5, 0.6) is 11.5 Å². The second-order valence-corrected chi connectivity index (χ2v) is 6.84. The predicted octanol–water partition coefficient (Wildman–Crippen LogP) is 4.34. The molecule has 0 unspecified atom stereocenters. The number of hydrogen-bond donors (Lipinski definition) is 1. The van der Waals surface area contributed by atoms with Gasteiger partial charge < -0.3 is 19.0 Å². The molecular weight excluding hydrogens is 392 g/mol. The fourth-order valence-corrected chi connectivity index (χ4v) is 3.14. The van der Waals surface area contributed by atoms with Gasteiger partial charge in [0.1, 0.15) is 4.91 Å². The highest BCUT2D eigenvalue weighted by Gasteiger charge is 2.17. The molecule has 0 bridgehead atoms. The van der Waals surface area contributed by atoms with Crippen molar-refractivity contribution in [3.05, 3.63) is 58.0 Å². The summed E-state index contributed by atoms with van der Waals surface area (Å²) < 4.78 is 16.1. The second kappa shape index (κ2) is 7.34. The SMILES string of the molecule is O=C(O)/C(=C/c1ccc2c(c1)OCO2)Sc1nnc(-c2ccc(Cl)cc2)o1. The molecule has 2 aromatic carbocycles. The van der Waals surface area contributed by atoms with Crippen LogP contribution >= 0.6 is 23.4 Å². The van der Waals surface area contributed by atoms with E-state index in [4.69, 9.17) is 25.5 Å². The minimum atomic E-state index is -1.11. The van der Waals surface area contributed by atoms with Gasteiger partial charge in [-0.1, -0.05) is 17.7 Å². The van der Waals surface area contributed by atoms with Crippen LogP contribution in [0.25, 0.3) is 17.5 Å². The molecular formula is C18H11ClN2O5S. The fraction of sp³-hybridized carbons (Fsp3) is 0.0556. The largest absolute Gasteiger partial charge is 0.477 e. The zero-order chi connectivity index (χ0) is 18.8. The minimum Gasteiger partial charge on any atom is -0.477 e. The Balaban J connectivity index is 1.57. The molecule has 1 aliphatic heterocycles. The van der Waals surface area contributed by atoms with Crippen molar-refractivity contribution < 1.29 is 23.8 Å². The van der Waals surface area contributed by atoms with Gasteiger partial charge in [-0.15, -0.1) is 10.2 Å². The lowest BCUT2D eigenvalue weighted by Crippen LogP contribution is -1.96. The molecule has 1 aromatic heterocycles. The number of ether oxygens (including phenoxy) is 2. The number of hydrogen-bond acceptors (Lipinski definition) is 7. The molecule has 9 heteroatoms. The third-order valence-corrected chi connectivity index (χ3v) is 4.70. The molecule has 7 nitrogen and oxygen atoms in total.